The summed E-state index contributed by atoms with van der Waals surface area (Å²) in [6.07, 6.45) is -11.1. The Hall–Kier alpha value is -3.99. The van der Waals surface area contributed by atoms with Crippen molar-refractivity contribution in [3.05, 3.63) is 65.6 Å². The highest BCUT2D eigenvalue weighted by Crippen LogP contribution is 2.47. The summed E-state index contributed by atoms with van der Waals surface area (Å²) in [4.78, 5) is 16.2. The molecule has 0 saturated heterocycles. The molecule has 1 amide bonds. The molecule has 0 spiro atoms. The van der Waals surface area contributed by atoms with Gasteiger partial charge in [-0.2, -0.15) is 26.3 Å². The molecule has 1 aliphatic heterocycles. The number of nitrogens with one attached hydrogen (secondary N) is 1. The van der Waals surface area contributed by atoms with Gasteiger partial charge >= 0.3 is 18.4 Å². The van der Waals surface area contributed by atoms with Crippen LogP contribution in [0.5, 0.6) is 0 Å². The number of pyridine rings is 1. The van der Waals surface area contributed by atoms with Crippen molar-refractivity contribution in [1.29, 1.82) is 0 Å². The van der Waals surface area contributed by atoms with Crippen molar-refractivity contribution in [2.75, 3.05) is 11.1 Å². The Balaban J connectivity index is 1.95. The zero-order chi connectivity index (χ0) is 32.6. The first kappa shape index (κ1) is 32.9. The molecule has 44 heavy (non-hydrogen) atoms. The first-order valence-electron chi connectivity index (χ1n) is 12.9. The van der Waals surface area contributed by atoms with E-state index in [1.54, 1.807) is 18.2 Å². The van der Waals surface area contributed by atoms with Crippen molar-refractivity contribution in [2.45, 2.75) is 68.8 Å². The number of nitrogens with zero attached hydrogens (tertiary/aromatic N) is 3. The van der Waals surface area contributed by atoms with E-state index in [1.165, 1.54) is 32.9 Å². The minimum Gasteiger partial charge on any atom is -0.444 e. The van der Waals surface area contributed by atoms with E-state index in [-0.39, 0.29) is 6.07 Å². The highest BCUT2D eigenvalue weighted by molar-refractivity contribution is 7.91. The number of alkyl halides is 6. The number of rotatable bonds is 4. The molecule has 0 aliphatic carbocycles. The second-order valence-electron chi connectivity index (χ2n) is 10.7. The number of amides is 1. The van der Waals surface area contributed by atoms with E-state index in [9.17, 15) is 39.6 Å². The predicted octanol–water partition coefficient (Wildman–Crippen LogP) is 6.60. The highest BCUT2D eigenvalue weighted by Gasteiger charge is 2.61. The predicted molar refractivity (Wildman–Crippen MR) is 142 cm³/mol. The van der Waals surface area contributed by atoms with Crippen LogP contribution in [-0.4, -0.2) is 47.2 Å². The minimum absolute atomic E-state index is 0.265. The van der Waals surface area contributed by atoms with Crippen LogP contribution in [0.25, 0.3) is 11.6 Å². The maximum absolute atomic E-state index is 14.8. The van der Waals surface area contributed by atoms with Crippen LogP contribution in [0.15, 0.2) is 58.0 Å². The first-order valence-corrected chi connectivity index (χ1v) is 14.6. The maximum atomic E-state index is 14.8. The summed E-state index contributed by atoms with van der Waals surface area (Å²) in [5.41, 5.74) is -7.39. The molecule has 0 saturated carbocycles. The van der Waals surface area contributed by atoms with Gasteiger partial charge in [0.2, 0.25) is 5.60 Å². The second kappa shape index (κ2) is 11.8. The molecule has 238 valence electrons. The Morgan fingerprint density at radius 1 is 1.05 bits per heavy atom. The third-order valence-electron chi connectivity index (χ3n) is 6.11. The lowest BCUT2D eigenvalue weighted by atomic mass is 9.97. The number of aromatic nitrogens is 3. The fourth-order valence-electron chi connectivity index (χ4n) is 4.09. The third-order valence-corrected chi connectivity index (χ3v) is 7.78. The van der Waals surface area contributed by atoms with Crippen molar-refractivity contribution < 1.29 is 53.4 Å². The molecule has 1 aromatic carbocycles. The lowest BCUT2D eigenvalue weighted by Crippen LogP contribution is -2.45. The van der Waals surface area contributed by atoms with E-state index >= 15 is 0 Å². The zero-order valence-corrected chi connectivity index (χ0v) is 24.2. The van der Waals surface area contributed by atoms with Gasteiger partial charge in [0.05, 0.1) is 23.6 Å². The molecule has 3 heterocycles. The Morgan fingerprint density at radius 3 is 2.34 bits per heavy atom. The number of hydrogen-bond donors (Lipinski definition) is 1. The molecule has 1 unspecified atom stereocenters. The number of hydrogen-bond acceptors (Lipinski definition) is 9. The number of halogens is 6. The van der Waals surface area contributed by atoms with Crippen LogP contribution in [-0.2, 0) is 37.7 Å². The summed E-state index contributed by atoms with van der Waals surface area (Å²) in [6, 6.07) is 8.12. The average Bonchev–Trinajstić information content (AvgIpc) is 3.38. The SMILES string of the molecule is CC(C)(C)OC(=O)Nc1cc(C(F)(F)F)c2nc1-c1nnc(o1)C(OCc1ccccc1)(C(F)(F)F)C/C=C\CCS2(=O)=O. The molecule has 10 nitrogen and oxygen atoms in total. The summed E-state index contributed by atoms with van der Waals surface area (Å²) >= 11 is 0. The van der Waals surface area contributed by atoms with E-state index in [4.69, 9.17) is 13.9 Å². The van der Waals surface area contributed by atoms with Crippen molar-refractivity contribution in [2.24, 2.45) is 0 Å². The summed E-state index contributed by atoms with van der Waals surface area (Å²) in [5, 5.41) is 7.65. The average molecular weight is 649 g/mol. The molecular weight excluding hydrogens is 622 g/mol. The maximum Gasteiger partial charge on any atom is 0.426 e. The van der Waals surface area contributed by atoms with Gasteiger partial charge in [-0.05, 0) is 38.8 Å². The smallest absolute Gasteiger partial charge is 0.426 e. The van der Waals surface area contributed by atoms with Gasteiger partial charge in [0.15, 0.2) is 20.6 Å². The molecule has 4 rings (SSSR count). The second-order valence-corrected chi connectivity index (χ2v) is 12.7. The molecule has 1 aliphatic rings. The normalized spacial score (nSPS) is 19.7. The molecule has 17 heteroatoms. The number of ether oxygens (including phenoxy) is 2. The van der Waals surface area contributed by atoms with Crippen molar-refractivity contribution in [3.8, 4) is 11.6 Å². The highest BCUT2D eigenvalue weighted by atomic mass is 32.2. The van der Waals surface area contributed by atoms with Crippen LogP contribution in [0, 0.1) is 0 Å². The fourth-order valence-corrected chi connectivity index (χ4v) is 5.46. The number of allylic oxidation sites excluding steroid dienone is 1. The van der Waals surface area contributed by atoms with Gasteiger partial charge in [0.1, 0.15) is 5.60 Å². The van der Waals surface area contributed by atoms with Crippen LogP contribution >= 0.6 is 0 Å². The van der Waals surface area contributed by atoms with Gasteiger partial charge in [0, 0.05) is 6.42 Å². The molecule has 0 fully saturated rings. The van der Waals surface area contributed by atoms with E-state index in [0.717, 1.165) is 12.2 Å². The molecular formula is C27H26F6N4O6S. The largest absolute Gasteiger partial charge is 0.444 e. The van der Waals surface area contributed by atoms with Crippen LogP contribution in [0.4, 0.5) is 36.8 Å². The van der Waals surface area contributed by atoms with Crippen LogP contribution in [0.1, 0.15) is 50.6 Å². The van der Waals surface area contributed by atoms with Crippen molar-refractivity contribution in [1.82, 2.24) is 15.2 Å². The molecule has 3 aromatic rings. The molecule has 1 N–H and O–H groups in total. The van der Waals surface area contributed by atoms with Gasteiger partial charge in [-0.25, -0.2) is 18.2 Å². The topological polar surface area (TPSA) is 134 Å². The molecule has 2 aromatic heterocycles. The monoisotopic (exact) mass is 648 g/mol. The number of carbonyl (C=O) groups is 1. The number of fused-ring (bicyclic) bond motifs is 5. The molecule has 4 bridgehead atoms. The van der Waals surface area contributed by atoms with Crippen molar-refractivity contribution >= 4 is 21.6 Å². The lowest BCUT2D eigenvalue weighted by Gasteiger charge is -2.31. The van der Waals surface area contributed by atoms with Gasteiger partial charge in [-0.15, -0.1) is 10.2 Å². The summed E-state index contributed by atoms with van der Waals surface area (Å²) in [6.45, 7) is 3.84. The zero-order valence-electron chi connectivity index (χ0n) is 23.4. The van der Waals surface area contributed by atoms with Crippen LogP contribution < -0.4 is 5.32 Å². The summed E-state index contributed by atoms with van der Waals surface area (Å²) < 4.78 is 129. The van der Waals surface area contributed by atoms with E-state index in [1.807, 2.05) is 5.32 Å². The van der Waals surface area contributed by atoms with E-state index in [2.05, 4.69) is 15.2 Å². The fraction of sp³-hybridized carbons (Fsp3) is 0.407. The Kier molecular flexibility index (Phi) is 8.85. The van der Waals surface area contributed by atoms with Gasteiger partial charge in [-0.3, -0.25) is 5.32 Å². The molecule has 0 radical (unpaired) electrons. The Bertz CT molecular complexity index is 1650. The Morgan fingerprint density at radius 2 is 1.73 bits per heavy atom. The van der Waals surface area contributed by atoms with E-state index < -0.39 is 98.4 Å². The van der Waals surface area contributed by atoms with Gasteiger partial charge in [0.25, 0.3) is 11.8 Å². The van der Waals surface area contributed by atoms with Gasteiger partial charge in [-0.1, -0.05) is 42.5 Å². The number of anilines is 1. The lowest BCUT2D eigenvalue weighted by molar-refractivity contribution is -0.295. The Labute approximate surface area is 247 Å². The quantitative estimate of drug-likeness (QED) is 0.246. The van der Waals surface area contributed by atoms with Crippen molar-refractivity contribution in [3.63, 3.8) is 0 Å². The third kappa shape index (κ3) is 7.20. The number of benzene rings is 1. The number of carbonyl (C=O) groups excluding carboxylic acids is 1. The van der Waals surface area contributed by atoms with Crippen LogP contribution in [0.3, 0.4) is 0 Å². The minimum atomic E-state index is -5.28. The molecule has 1 atom stereocenters. The first-order chi connectivity index (χ1) is 20.3. The summed E-state index contributed by atoms with van der Waals surface area (Å²) in [5.74, 6) is -2.98. The van der Waals surface area contributed by atoms with Crippen LogP contribution in [0.2, 0.25) is 0 Å². The van der Waals surface area contributed by atoms with E-state index in [0.29, 0.717) is 5.56 Å². The standard InChI is InChI=1S/C27H26F6N4O6S/c1-24(2,3)43-23(38)34-18-14-17(26(28,29)30)21-35-19(18)20-36-37-22(42-20)25(27(31,32)33,12-8-5-9-13-44(21,39)40)41-15-16-10-6-4-7-11-16/h4-8,10-11,14H,9,12-13,15H2,1-3H3,(H,34,38)/b8-5-. The summed E-state index contributed by atoms with van der Waals surface area (Å²) in [7, 11) is -4.80. The number of sulfone groups is 1. The van der Waals surface area contributed by atoms with Gasteiger partial charge < -0.3 is 13.9 Å².